The van der Waals surface area contributed by atoms with E-state index in [1.54, 1.807) is 6.07 Å². The van der Waals surface area contributed by atoms with Crippen LogP contribution in [0.3, 0.4) is 0 Å². The van der Waals surface area contributed by atoms with Gasteiger partial charge in [-0.15, -0.1) is 0 Å². The Morgan fingerprint density at radius 1 is 1.44 bits per heavy atom. The summed E-state index contributed by atoms with van der Waals surface area (Å²) in [6.45, 7) is 8.91. The van der Waals surface area contributed by atoms with Crippen LogP contribution in [0.15, 0.2) is 6.07 Å². The Morgan fingerprint density at radius 2 is 2.12 bits per heavy atom. The molecule has 0 unspecified atom stereocenters. The van der Waals surface area contributed by atoms with Gasteiger partial charge < -0.3 is 15.8 Å². The zero-order valence-corrected chi connectivity index (χ0v) is 10.4. The van der Waals surface area contributed by atoms with E-state index >= 15 is 0 Å². The van der Waals surface area contributed by atoms with Gasteiger partial charge in [0.2, 0.25) is 5.88 Å². The third-order valence-electron chi connectivity index (χ3n) is 1.83. The molecular formula is C11H20N4O. The second-order valence-electron chi connectivity index (χ2n) is 4.41. The van der Waals surface area contributed by atoms with Crippen LogP contribution in [0.1, 0.15) is 26.6 Å². The summed E-state index contributed by atoms with van der Waals surface area (Å²) in [5, 5.41) is 3.17. The Labute approximate surface area is 96.4 Å². The van der Waals surface area contributed by atoms with Gasteiger partial charge in [-0.1, -0.05) is 0 Å². The van der Waals surface area contributed by atoms with Gasteiger partial charge in [-0.05, 0) is 27.7 Å². The van der Waals surface area contributed by atoms with Crippen molar-refractivity contribution in [3.63, 3.8) is 0 Å². The van der Waals surface area contributed by atoms with Crippen molar-refractivity contribution < 1.29 is 4.74 Å². The predicted molar refractivity (Wildman–Crippen MR) is 64.7 cm³/mol. The highest BCUT2D eigenvalue weighted by Gasteiger charge is 2.11. The minimum absolute atomic E-state index is 0.273. The molecule has 0 aliphatic rings. The van der Waals surface area contributed by atoms with Gasteiger partial charge in [0, 0.05) is 18.2 Å². The lowest BCUT2D eigenvalue weighted by Gasteiger charge is -2.19. The molecule has 0 spiro atoms. The molecule has 1 heterocycles. The van der Waals surface area contributed by atoms with Crippen LogP contribution in [0.5, 0.6) is 5.88 Å². The number of hydrogen-bond donors (Lipinski definition) is 2. The van der Waals surface area contributed by atoms with E-state index in [-0.39, 0.29) is 5.54 Å². The number of nitrogens with two attached hydrogens (primary N) is 1. The van der Waals surface area contributed by atoms with Crippen LogP contribution in [0.25, 0.3) is 0 Å². The lowest BCUT2D eigenvalue weighted by atomic mass is 10.1. The average Bonchev–Trinajstić information content (AvgIpc) is 2.13. The number of aromatic nitrogens is 2. The molecule has 0 saturated carbocycles. The van der Waals surface area contributed by atoms with Gasteiger partial charge in [0.15, 0.2) is 0 Å². The summed E-state index contributed by atoms with van der Waals surface area (Å²) in [5.41, 5.74) is 5.61. The minimum Gasteiger partial charge on any atom is -0.478 e. The van der Waals surface area contributed by atoms with Crippen LogP contribution in [0.4, 0.5) is 5.82 Å². The molecule has 0 radical (unpaired) electrons. The van der Waals surface area contributed by atoms with Crippen molar-refractivity contribution in [1.29, 1.82) is 0 Å². The third kappa shape index (κ3) is 4.44. The van der Waals surface area contributed by atoms with Crippen molar-refractivity contribution in [2.45, 2.75) is 33.2 Å². The van der Waals surface area contributed by atoms with E-state index in [4.69, 9.17) is 10.5 Å². The standard InChI is InChI=1S/C11H20N4O/c1-5-16-10-6-9(14-8(2)15-10)13-7-11(3,4)12/h6H,5,7,12H2,1-4H3,(H,13,14,15). The molecule has 0 aliphatic heterocycles. The van der Waals surface area contributed by atoms with E-state index < -0.39 is 0 Å². The van der Waals surface area contributed by atoms with E-state index in [0.29, 0.717) is 24.9 Å². The molecule has 5 nitrogen and oxygen atoms in total. The normalized spacial score (nSPS) is 11.3. The number of hydrogen-bond acceptors (Lipinski definition) is 5. The number of rotatable bonds is 5. The van der Waals surface area contributed by atoms with Gasteiger partial charge in [-0.2, -0.15) is 4.98 Å². The first-order chi connectivity index (χ1) is 7.40. The topological polar surface area (TPSA) is 73.1 Å². The molecule has 90 valence electrons. The van der Waals surface area contributed by atoms with Gasteiger partial charge in [0.05, 0.1) is 6.61 Å². The van der Waals surface area contributed by atoms with Crippen molar-refractivity contribution >= 4 is 5.82 Å². The molecule has 0 aromatic carbocycles. The van der Waals surface area contributed by atoms with Crippen LogP contribution in [-0.2, 0) is 0 Å². The highest BCUT2D eigenvalue weighted by Crippen LogP contribution is 2.13. The molecule has 0 bridgehead atoms. The first-order valence-corrected chi connectivity index (χ1v) is 5.42. The summed E-state index contributed by atoms with van der Waals surface area (Å²) in [6.07, 6.45) is 0. The van der Waals surface area contributed by atoms with Crippen molar-refractivity contribution in [3.8, 4) is 5.88 Å². The Hall–Kier alpha value is -1.36. The molecular weight excluding hydrogens is 204 g/mol. The highest BCUT2D eigenvalue weighted by molar-refractivity contribution is 5.38. The smallest absolute Gasteiger partial charge is 0.218 e. The monoisotopic (exact) mass is 224 g/mol. The molecule has 0 aliphatic carbocycles. The predicted octanol–water partition coefficient (Wildman–Crippen LogP) is 1.33. The van der Waals surface area contributed by atoms with Gasteiger partial charge >= 0.3 is 0 Å². The molecule has 1 rings (SSSR count). The maximum atomic E-state index is 5.88. The van der Waals surface area contributed by atoms with Crippen molar-refractivity contribution in [2.75, 3.05) is 18.5 Å². The average molecular weight is 224 g/mol. The molecule has 0 amide bonds. The SMILES string of the molecule is CCOc1cc(NCC(C)(C)N)nc(C)n1. The number of nitrogens with one attached hydrogen (secondary N) is 1. The summed E-state index contributed by atoms with van der Waals surface area (Å²) in [6, 6.07) is 1.78. The number of ether oxygens (including phenoxy) is 1. The zero-order chi connectivity index (χ0) is 12.2. The van der Waals surface area contributed by atoms with Crippen LogP contribution >= 0.6 is 0 Å². The summed E-state index contributed by atoms with van der Waals surface area (Å²) < 4.78 is 5.34. The van der Waals surface area contributed by atoms with Gasteiger partial charge in [0.25, 0.3) is 0 Å². The summed E-state index contributed by atoms with van der Waals surface area (Å²) >= 11 is 0. The van der Waals surface area contributed by atoms with E-state index in [0.717, 1.165) is 5.82 Å². The van der Waals surface area contributed by atoms with Gasteiger partial charge in [-0.3, -0.25) is 0 Å². The second kappa shape index (κ2) is 5.12. The Morgan fingerprint density at radius 3 is 2.69 bits per heavy atom. The van der Waals surface area contributed by atoms with E-state index in [2.05, 4.69) is 15.3 Å². The molecule has 0 atom stereocenters. The molecule has 0 fully saturated rings. The first kappa shape index (κ1) is 12.7. The van der Waals surface area contributed by atoms with Crippen LogP contribution < -0.4 is 15.8 Å². The number of aryl methyl sites for hydroxylation is 1. The fourth-order valence-electron chi connectivity index (χ4n) is 1.17. The largest absolute Gasteiger partial charge is 0.478 e. The summed E-state index contributed by atoms with van der Waals surface area (Å²) in [7, 11) is 0. The van der Waals surface area contributed by atoms with E-state index in [1.165, 1.54) is 0 Å². The first-order valence-electron chi connectivity index (χ1n) is 5.42. The molecule has 1 aromatic rings. The van der Waals surface area contributed by atoms with Crippen molar-refractivity contribution in [2.24, 2.45) is 5.73 Å². The van der Waals surface area contributed by atoms with E-state index in [1.807, 2.05) is 27.7 Å². The highest BCUT2D eigenvalue weighted by atomic mass is 16.5. The van der Waals surface area contributed by atoms with Crippen LogP contribution in [-0.4, -0.2) is 28.7 Å². The lowest BCUT2D eigenvalue weighted by Crippen LogP contribution is -2.39. The summed E-state index contributed by atoms with van der Waals surface area (Å²) in [5.74, 6) is 2.02. The summed E-state index contributed by atoms with van der Waals surface area (Å²) in [4.78, 5) is 8.42. The lowest BCUT2D eigenvalue weighted by molar-refractivity contribution is 0.325. The van der Waals surface area contributed by atoms with Crippen LogP contribution in [0.2, 0.25) is 0 Å². The Bertz CT molecular complexity index is 346. The minimum atomic E-state index is -0.273. The molecule has 16 heavy (non-hydrogen) atoms. The van der Waals surface area contributed by atoms with Gasteiger partial charge in [-0.25, -0.2) is 4.98 Å². The molecule has 1 aromatic heterocycles. The molecule has 3 N–H and O–H groups in total. The third-order valence-corrected chi connectivity index (χ3v) is 1.83. The second-order valence-corrected chi connectivity index (χ2v) is 4.41. The Kier molecular flexibility index (Phi) is 4.06. The van der Waals surface area contributed by atoms with E-state index in [9.17, 15) is 0 Å². The van der Waals surface area contributed by atoms with Crippen molar-refractivity contribution in [1.82, 2.24) is 9.97 Å². The molecule has 0 saturated heterocycles. The maximum absolute atomic E-state index is 5.88. The van der Waals surface area contributed by atoms with Crippen LogP contribution in [0, 0.1) is 6.92 Å². The maximum Gasteiger partial charge on any atom is 0.218 e. The fraction of sp³-hybridized carbons (Fsp3) is 0.636. The Balaban J connectivity index is 2.72. The number of anilines is 1. The zero-order valence-electron chi connectivity index (χ0n) is 10.4. The quantitative estimate of drug-likeness (QED) is 0.789. The number of nitrogens with zero attached hydrogens (tertiary/aromatic N) is 2. The van der Waals surface area contributed by atoms with Gasteiger partial charge in [0.1, 0.15) is 11.6 Å². The van der Waals surface area contributed by atoms with Crippen molar-refractivity contribution in [3.05, 3.63) is 11.9 Å². The fourth-order valence-corrected chi connectivity index (χ4v) is 1.17. The molecule has 5 heteroatoms.